The average Bonchev–Trinajstić information content (AvgIpc) is 2.65. The van der Waals surface area contributed by atoms with E-state index in [4.69, 9.17) is 0 Å². The quantitative estimate of drug-likeness (QED) is 0.700. The van der Waals surface area contributed by atoms with Crippen LogP contribution in [0, 0.1) is 0 Å². The van der Waals surface area contributed by atoms with Gasteiger partial charge in [0.1, 0.15) is 0 Å². The topological polar surface area (TPSA) is 69.6 Å². The number of anilines is 1. The van der Waals surface area contributed by atoms with Crippen LogP contribution in [-0.4, -0.2) is 34.2 Å². The summed E-state index contributed by atoms with van der Waals surface area (Å²) in [6.07, 6.45) is -0.904. The molecule has 0 aromatic heterocycles. The molecular formula is C20H22N2O3S. The summed E-state index contributed by atoms with van der Waals surface area (Å²) < 4.78 is 28.2. The van der Waals surface area contributed by atoms with E-state index in [2.05, 4.69) is 4.72 Å². The molecule has 0 fully saturated rings. The average molecular weight is 370 g/mol. The first-order valence-corrected chi connectivity index (χ1v) is 9.80. The number of aliphatic hydroxyl groups is 1. The number of nitrogens with one attached hydrogen (secondary N) is 1. The molecule has 0 saturated carbocycles. The van der Waals surface area contributed by atoms with Crippen molar-refractivity contribution in [2.24, 2.45) is 0 Å². The second kappa shape index (κ2) is 7.45. The summed E-state index contributed by atoms with van der Waals surface area (Å²) in [5.74, 6) is 0. The van der Waals surface area contributed by atoms with Crippen LogP contribution in [0.2, 0.25) is 0 Å². The van der Waals surface area contributed by atoms with Crippen molar-refractivity contribution < 1.29 is 13.5 Å². The Labute approximate surface area is 153 Å². The van der Waals surface area contributed by atoms with Crippen molar-refractivity contribution in [3.8, 4) is 0 Å². The van der Waals surface area contributed by atoms with Crippen molar-refractivity contribution in [2.45, 2.75) is 11.0 Å². The zero-order valence-corrected chi connectivity index (χ0v) is 15.6. The zero-order chi connectivity index (χ0) is 18.7. The van der Waals surface area contributed by atoms with Gasteiger partial charge in [0.2, 0.25) is 10.0 Å². The van der Waals surface area contributed by atoms with Gasteiger partial charge in [-0.3, -0.25) is 0 Å². The SMILES string of the molecule is CN(C)c1cccc2c(S(=O)(=O)NCC(O)c3ccccc3)cccc12. The number of aliphatic hydroxyl groups excluding tert-OH is 1. The van der Waals surface area contributed by atoms with Crippen molar-refractivity contribution in [3.05, 3.63) is 72.3 Å². The molecule has 6 heteroatoms. The van der Waals surface area contributed by atoms with Crippen LogP contribution in [-0.2, 0) is 10.0 Å². The first-order chi connectivity index (χ1) is 12.4. The first kappa shape index (κ1) is 18.4. The molecular weight excluding hydrogens is 348 g/mol. The van der Waals surface area contributed by atoms with Gasteiger partial charge in [0, 0.05) is 37.1 Å². The number of fused-ring (bicyclic) bond motifs is 1. The summed E-state index contributed by atoms with van der Waals surface area (Å²) in [7, 11) is 0.0812. The van der Waals surface area contributed by atoms with Crippen molar-refractivity contribution >= 4 is 26.5 Å². The predicted octanol–water partition coefficient (Wildman–Crippen LogP) is 2.92. The van der Waals surface area contributed by atoms with E-state index in [0.717, 1.165) is 11.1 Å². The van der Waals surface area contributed by atoms with Gasteiger partial charge >= 0.3 is 0 Å². The highest BCUT2D eigenvalue weighted by Crippen LogP contribution is 2.30. The number of benzene rings is 3. The van der Waals surface area contributed by atoms with E-state index in [-0.39, 0.29) is 11.4 Å². The van der Waals surface area contributed by atoms with Crippen LogP contribution in [0.15, 0.2) is 71.6 Å². The van der Waals surface area contributed by atoms with Crippen LogP contribution in [0.3, 0.4) is 0 Å². The van der Waals surface area contributed by atoms with Gasteiger partial charge in [-0.2, -0.15) is 0 Å². The highest BCUT2D eigenvalue weighted by atomic mass is 32.2. The van der Waals surface area contributed by atoms with Gasteiger partial charge in [0.15, 0.2) is 0 Å². The van der Waals surface area contributed by atoms with E-state index < -0.39 is 16.1 Å². The van der Waals surface area contributed by atoms with E-state index in [9.17, 15) is 13.5 Å². The first-order valence-electron chi connectivity index (χ1n) is 8.32. The minimum absolute atomic E-state index is 0.0872. The van der Waals surface area contributed by atoms with E-state index in [1.807, 2.05) is 43.3 Å². The van der Waals surface area contributed by atoms with E-state index in [1.165, 1.54) is 0 Å². The molecule has 0 radical (unpaired) electrons. The Hall–Kier alpha value is -2.41. The standard InChI is InChI=1S/C20H22N2O3S/c1-22(2)18-12-6-11-17-16(18)10-7-13-20(17)26(24,25)21-14-19(23)15-8-4-3-5-9-15/h3-13,19,21,23H,14H2,1-2H3. The summed E-state index contributed by atoms with van der Waals surface area (Å²) >= 11 is 0. The van der Waals surface area contributed by atoms with Gasteiger partial charge in [0.05, 0.1) is 11.0 Å². The number of hydrogen-bond acceptors (Lipinski definition) is 4. The maximum atomic E-state index is 12.8. The molecule has 0 spiro atoms. The third kappa shape index (κ3) is 3.72. The lowest BCUT2D eigenvalue weighted by atomic mass is 10.1. The molecule has 0 heterocycles. The third-order valence-electron chi connectivity index (χ3n) is 4.28. The zero-order valence-electron chi connectivity index (χ0n) is 14.8. The molecule has 0 aliphatic heterocycles. The van der Waals surface area contributed by atoms with Crippen LogP contribution in [0.5, 0.6) is 0 Å². The van der Waals surface area contributed by atoms with Crippen molar-refractivity contribution in [1.29, 1.82) is 0 Å². The van der Waals surface area contributed by atoms with E-state index in [0.29, 0.717) is 10.9 Å². The number of hydrogen-bond donors (Lipinski definition) is 2. The molecule has 0 aliphatic carbocycles. The largest absolute Gasteiger partial charge is 0.387 e. The van der Waals surface area contributed by atoms with Crippen molar-refractivity contribution in [3.63, 3.8) is 0 Å². The van der Waals surface area contributed by atoms with Crippen molar-refractivity contribution in [1.82, 2.24) is 4.72 Å². The third-order valence-corrected chi connectivity index (χ3v) is 5.76. The molecule has 0 aliphatic rings. The second-order valence-corrected chi connectivity index (χ2v) is 8.04. The molecule has 1 unspecified atom stereocenters. The summed E-state index contributed by atoms with van der Waals surface area (Å²) in [5.41, 5.74) is 1.62. The Morgan fingerprint density at radius 2 is 1.58 bits per heavy atom. The Bertz CT molecular complexity index is 1000. The van der Waals surface area contributed by atoms with E-state index >= 15 is 0 Å². The molecule has 26 heavy (non-hydrogen) atoms. The van der Waals surface area contributed by atoms with Crippen LogP contribution >= 0.6 is 0 Å². The van der Waals surface area contributed by atoms with Crippen LogP contribution in [0.25, 0.3) is 10.8 Å². The minimum Gasteiger partial charge on any atom is -0.387 e. The fourth-order valence-corrected chi connectivity index (χ4v) is 4.21. The summed E-state index contributed by atoms with van der Waals surface area (Å²) in [4.78, 5) is 2.16. The van der Waals surface area contributed by atoms with Gasteiger partial charge in [0.25, 0.3) is 0 Å². The van der Waals surface area contributed by atoms with Crippen LogP contribution < -0.4 is 9.62 Å². The lowest BCUT2D eigenvalue weighted by molar-refractivity contribution is 0.182. The number of nitrogens with zero attached hydrogens (tertiary/aromatic N) is 1. The van der Waals surface area contributed by atoms with E-state index in [1.54, 1.807) is 42.5 Å². The predicted molar refractivity (Wildman–Crippen MR) is 105 cm³/mol. The summed E-state index contributed by atoms with van der Waals surface area (Å²) in [5, 5.41) is 11.7. The normalized spacial score (nSPS) is 12.9. The molecule has 3 rings (SSSR count). The lowest BCUT2D eigenvalue weighted by Gasteiger charge is -2.17. The molecule has 3 aromatic carbocycles. The monoisotopic (exact) mass is 370 g/mol. The maximum absolute atomic E-state index is 12.8. The van der Waals surface area contributed by atoms with Gasteiger partial charge in [-0.25, -0.2) is 13.1 Å². The highest BCUT2D eigenvalue weighted by molar-refractivity contribution is 7.89. The van der Waals surface area contributed by atoms with Gasteiger partial charge < -0.3 is 10.0 Å². The Morgan fingerprint density at radius 1 is 0.923 bits per heavy atom. The highest BCUT2D eigenvalue weighted by Gasteiger charge is 2.20. The molecule has 136 valence electrons. The number of rotatable bonds is 6. The lowest BCUT2D eigenvalue weighted by Crippen LogP contribution is -2.28. The molecule has 1 atom stereocenters. The van der Waals surface area contributed by atoms with Crippen LogP contribution in [0.1, 0.15) is 11.7 Å². The Balaban J connectivity index is 1.91. The molecule has 0 amide bonds. The Kier molecular flexibility index (Phi) is 5.27. The van der Waals surface area contributed by atoms with Gasteiger partial charge in [-0.1, -0.05) is 54.6 Å². The fraction of sp³-hybridized carbons (Fsp3) is 0.200. The second-order valence-electron chi connectivity index (χ2n) is 6.30. The molecule has 0 bridgehead atoms. The molecule has 2 N–H and O–H groups in total. The Morgan fingerprint density at radius 3 is 2.27 bits per heavy atom. The number of sulfonamides is 1. The summed E-state index contributed by atoms with van der Waals surface area (Å²) in [6, 6.07) is 19.8. The minimum atomic E-state index is -3.76. The van der Waals surface area contributed by atoms with Crippen LogP contribution in [0.4, 0.5) is 5.69 Å². The molecule has 3 aromatic rings. The van der Waals surface area contributed by atoms with Gasteiger partial charge in [-0.05, 0) is 17.7 Å². The summed E-state index contributed by atoms with van der Waals surface area (Å²) in [6.45, 7) is -0.0872. The molecule has 0 saturated heterocycles. The fourth-order valence-electron chi connectivity index (χ4n) is 2.95. The molecule has 5 nitrogen and oxygen atoms in total. The van der Waals surface area contributed by atoms with Gasteiger partial charge in [-0.15, -0.1) is 0 Å². The smallest absolute Gasteiger partial charge is 0.241 e. The van der Waals surface area contributed by atoms with Crippen molar-refractivity contribution in [2.75, 3.05) is 25.5 Å². The maximum Gasteiger partial charge on any atom is 0.241 e.